The van der Waals surface area contributed by atoms with Gasteiger partial charge in [-0.15, -0.1) is 0 Å². The molecule has 0 amide bonds. The summed E-state index contributed by atoms with van der Waals surface area (Å²) in [5.41, 5.74) is 2.11. The number of hydrazone groups is 1. The van der Waals surface area contributed by atoms with Gasteiger partial charge in [0.05, 0.1) is 12.5 Å². The molecule has 2 aliphatic heterocycles. The first kappa shape index (κ1) is 17.4. The third-order valence-electron chi connectivity index (χ3n) is 5.69. The molecule has 0 radical (unpaired) electrons. The van der Waals surface area contributed by atoms with Crippen LogP contribution >= 0.6 is 0 Å². The number of hydrogen-bond donors (Lipinski definition) is 0. The molecule has 5 rings (SSSR count). The first-order chi connectivity index (χ1) is 14.2. The van der Waals surface area contributed by atoms with Gasteiger partial charge in [-0.3, -0.25) is 19.9 Å². The molecule has 1 saturated heterocycles. The average molecular weight is 387 g/mol. The highest BCUT2D eigenvalue weighted by molar-refractivity contribution is 6.01. The van der Waals surface area contributed by atoms with E-state index in [4.69, 9.17) is 4.42 Å². The Balaban J connectivity index is 1.70. The number of carbonyl (C=O) groups excluding carboxylic acids is 1. The van der Waals surface area contributed by atoms with E-state index in [2.05, 4.69) is 5.10 Å². The second-order valence-corrected chi connectivity index (χ2v) is 7.19. The minimum atomic E-state index is -1.07. The van der Waals surface area contributed by atoms with E-state index in [1.165, 1.54) is 6.26 Å². The number of fused-ring (bicyclic) bond motifs is 3. The topological polar surface area (TPSA) is 88.9 Å². The molecule has 0 bridgehead atoms. The van der Waals surface area contributed by atoms with E-state index in [1.807, 2.05) is 30.3 Å². The van der Waals surface area contributed by atoms with Crippen LogP contribution in [0.1, 0.15) is 39.2 Å². The van der Waals surface area contributed by atoms with Gasteiger partial charge in [0.15, 0.2) is 5.78 Å². The number of benzene rings is 2. The molecule has 0 saturated carbocycles. The molecule has 2 aromatic carbocycles. The molecule has 1 fully saturated rings. The van der Waals surface area contributed by atoms with Crippen molar-refractivity contribution in [1.29, 1.82) is 0 Å². The van der Waals surface area contributed by atoms with E-state index < -0.39 is 24.0 Å². The monoisotopic (exact) mass is 387 g/mol. The molecular formula is C22H17N3O4. The largest absolute Gasteiger partial charge is 0.469 e. The second-order valence-electron chi connectivity index (χ2n) is 7.19. The van der Waals surface area contributed by atoms with Gasteiger partial charge in [0.2, 0.25) is 0 Å². The third-order valence-corrected chi connectivity index (χ3v) is 5.69. The molecule has 7 nitrogen and oxygen atoms in total. The smallest absolute Gasteiger partial charge is 0.251 e. The lowest BCUT2D eigenvalue weighted by Gasteiger charge is -2.30. The average Bonchev–Trinajstić information content (AvgIpc) is 3.39. The fourth-order valence-electron chi connectivity index (χ4n) is 4.48. The Bertz CT molecular complexity index is 1090. The van der Waals surface area contributed by atoms with Gasteiger partial charge < -0.3 is 4.42 Å². The molecule has 4 atom stereocenters. The Morgan fingerprint density at radius 1 is 1.03 bits per heavy atom. The lowest BCUT2D eigenvalue weighted by Crippen LogP contribution is -2.38. The second kappa shape index (κ2) is 6.70. The van der Waals surface area contributed by atoms with Crippen LogP contribution in [0.3, 0.4) is 0 Å². The van der Waals surface area contributed by atoms with Crippen LogP contribution in [0.2, 0.25) is 0 Å². The van der Waals surface area contributed by atoms with Gasteiger partial charge in [0, 0.05) is 16.1 Å². The van der Waals surface area contributed by atoms with Gasteiger partial charge in [-0.05, 0) is 17.7 Å². The molecular weight excluding hydrogens is 370 g/mol. The van der Waals surface area contributed by atoms with Crippen LogP contribution in [-0.2, 0) is 0 Å². The maximum Gasteiger partial charge on any atom is 0.251 e. The van der Waals surface area contributed by atoms with E-state index in [0.717, 1.165) is 11.1 Å². The van der Waals surface area contributed by atoms with Crippen molar-refractivity contribution in [3.8, 4) is 0 Å². The van der Waals surface area contributed by atoms with E-state index in [-0.39, 0.29) is 10.7 Å². The van der Waals surface area contributed by atoms with Gasteiger partial charge in [0.25, 0.3) is 6.04 Å². The predicted octanol–water partition coefficient (Wildman–Crippen LogP) is 3.66. The molecule has 1 aromatic heterocycles. The maximum absolute atomic E-state index is 13.5. The molecule has 0 aliphatic carbocycles. The number of nitrogens with zero attached hydrogens (tertiary/aromatic N) is 3. The summed E-state index contributed by atoms with van der Waals surface area (Å²) in [6.45, 7) is 0. The molecule has 29 heavy (non-hydrogen) atoms. The van der Waals surface area contributed by atoms with Gasteiger partial charge in [0.1, 0.15) is 23.8 Å². The summed E-state index contributed by atoms with van der Waals surface area (Å²) < 4.78 is 5.57. The highest BCUT2D eigenvalue weighted by Crippen LogP contribution is 2.49. The molecule has 0 spiro atoms. The quantitative estimate of drug-likeness (QED) is 0.387. The van der Waals surface area contributed by atoms with E-state index in [0.29, 0.717) is 11.3 Å². The van der Waals surface area contributed by atoms with Crippen LogP contribution in [0.15, 0.2) is 82.5 Å². The lowest BCUT2D eigenvalue weighted by molar-refractivity contribution is -0.529. The lowest BCUT2D eigenvalue weighted by atomic mass is 9.85. The first-order valence-corrected chi connectivity index (χ1v) is 9.34. The van der Waals surface area contributed by atoms with Crippen LogP contribution < -0.4 is 0 Å². The fourth-order valence-corrected chi connectivity index (χ4v) is 4.48. The van der Waals surface area contributed by atoms with Crippen molar-refractivity contribution in [2.45, 2.75) is 24.0 Å². The van der Waals surface area contributed by atoms with Gasteiger partial charge >= 0.3 is 0 Å². The Labute approximate surface area is 166 Å². The van der Waals surface area contributed by atoms with Crippen molar-refractivity contribution in [3.63, 3.8) is 0 Å². The Morgan fingerprint density at radius 3 is 2.52 bits per heavy atom. The van der Waals surface area contributed by atoms with Crippen LogP contribution in [0.25, 0.3) is 0 Å². The molecule has 3 aromatic rings. The van der Waals surface area contributed by atoms with Crippen molar-refractivity contribution in [2.75, 3.05) is 0 Å². The summed E-state index contributed by atoms with van der Waals surface area (Å²) in [7, 11) is 0. The number of nitro groups is 1. The zero-order valence-electron chi connectivity index (χ0n) is 15.3. The number of rotatable bonds is 4. The zero-order valence-corrected chi connectivity index (χ0v) is 15.3. The number of furan rings is 1. The SMILES string of the molecule is O=C(c1ccccc1)[C@@H]1[C@@H](c2ccco2)[C@H]([N+](=O)[O-])[C@H]2c3ccccc3C=NN12. The van der Waals surface area contributed by atoms with Gasteiger partial charge in [-0.2, -0.15) is 5.10 Å². The maximum atomic E-state index is 13.5. The van der Waals surface area contributed by atoms with Crippen molar-refractivity contribution < 1.29 is 14.1 Å². The van der Waals surface area contributed by atoms with Crippen LogP contribution in [0.5, 0.6) is 0 Å². The first-order valence-electron chi connectivity index (χ1n) is 9.34. The summed E-state index contributed by atoms with van der Waals surface area (Å²) in [6.07, 6.45) is 3.14. The van der Waals surface area contributed by atoms with Crippen molar-refractivity contribution in [3.05, 3.63) is 106 Å². The van der Waals surface area contributed by atoms with Crippen LogP contribution in [0, 0.1) is 10.1 Å². The normalized spacial score (nSPS) is 24.8. The standard InChI is InChI=1S/C22H17N3O4/c26-22(14-7-2-1-3-8-14)21-18(17-11-6-12-29-17)20(25(27)28)19-16-10-5-4-9-15(16)13-23-24(19)21/h1-13,18-21H/t18-,19+,20-,21-/m0/s1. The van der Waals surface area contributed by atoms with Crippen LogP contribution in [0.4, 0.5) is 0 Å². The van der Waals surface area contributed by atoms with Crippen molar-refractivity contribution >= 4 is 12.0 Å². The molecule has 3 heterocycles. The van der Waals surface area contributed by atoms with E-state index in [9.17, 15) is 14.9 Å². The third kappa shape index (κ3) is 2.66. The molecule has 7 heteroatoms. The highest BCUT2D eigenvalue weighted by Gasteiger charge is 2.61. The van der Waals surface area contributed by atoms with Gasteiger partial charge in [-0.1, -0.05) is 54.6 Å². The molecule has 144 valence electrons. The summed E-state index contributed by atoms with van der Waals surface area (Å²) in [6, 6.07) is 17.1. The molecule has 0 N–H and O–H groups in total. The minimum absolute atomic E-state index is 0.210. The Kier molecular flexibility index (Phi) is 4.01. The Hall–Kier alpha value is -3.74. The summed E-state index contributed by atoms with van der Waals surface area (Å²) in [5.74, 6) is -0.554. The number of hydrogen-bond acceptors (Lipinski definition) is 6. The zero-order chi connectivity index (χ0) is 20.0. The summed E-state index contributed by atoms with van der Waals surface area (Å²) in [5, 5.41) is 18.3. The van der Waals surface area contributed by atoms with E-state index >= 15 is 0 Å². The summed E-state index contributed by atoms with van der Waals surface area (Å²) >= 11 is 0. The summed E-state index contributed by atoms with van der Waals surface area (Å²) in [4.78, 5) is 25.5. The minimum Gasteiger partial charge on any atom is -0.469 e. The Morgan fingerprint density at radius 2 is 1.79 bits per heavy atom. The highest BCUT2D eigenvalue weighted by atomic mass is 16.6. The fraction of sp³-hybridized carbons (Fsp3) is 0.182. The van der Waals surface area contributed by atoms with Gasteiger partial charge in [-0.25, -0.2) is 0 Å². The van der Waals surface area contributed by atoms with Crippen molar-refractivity contribution in [1.82, 2.24) is 5.01 Å². The van der Waals surface area contributed by atoms with Crippen LogP contribution in [-0.4, -0.2) is 34.0 Å². The number of Topliss-reactive ketones (excluding diaryl/α,β-unsaturated/α-hetero) is 1. The predicted molar refractivity (Wildman–Crippen MR) is 105 cm³/mol. The van der Waals surface area contributed by atoms with Crippen molar-refractivity contribution in [2.24, 2.45) is 5.10 Å². The number of carbonyl (C=O) groups is 1. The van der Waals surface area contributed by atoms with E-state index in [1.54, 1.807) is 47.6 Å². The number of ketones is 1. The molecule has 0 unspecified atom stereocenters. The molecule has 2 aliphatic rings.